The fourth-order valence-electron chi connectivity index (χ4n) is 4.49. The molecule has 4 nitrogen and oxygen atoms in total. The summed E-state index contributed by atoms with van der Waals surface area (Å²) in [5.41, 5.74) is 0. The van der Waals surface area contributed by atoms with Crippen LogP contribution in [0.5, 0.6) is 5.75 Å². The average molecular weight is 479 g/mol. The summed E-state index contributed by atoms with van der Waals surface area (Å²) < 4.78 is 40.1. The monoisotopic (exact) mass is 478 g/mol. The molecule has 0 unspecified atom stereocenters. The molecule has 170 valence electrons. The van der Waals surface area contributed by atoms with E-state index in [4.69, 9.17) is 8.71 Å². The van der Waals surface area contributed by atoms with Gasteiger partial charge in [-0.1, -0.05) is 0 Å². The second kappa shape index (κ2) is 9.11. The number of para-hydroxylation sites is 1. The quantitative estimate of drug-likeness (QED) is 0.339. The van der Waals surface area contributed by atoms with E-state index in [1.54, 1.807) is 18.2 Å². The van der Waals surface area contributed by atoms with Gasteiger partial charge >= 0.3 is 196 Å². The van der Waals surface area contributed by atoms with Crippen LogP contribution in [-0.4, -0.2) is 21.7 Å². The van der Waals surface area contributed by atoms with Crippen molar-refractivity contribution >= 4 is 32.9 Å². The van der Waals surface area contributed by atoms with Gasteiger partial charge in [-0.25, -0.2) is 0 Å². The number of hydrogen-bond acceptors (Lipinski definition) is 4. The van der Waals surface area contributed by atoms with Crippen molar-refractivity contribution in [1.29, 1.82) is 0 Å². The molecule has 0 amide bonds. The zero-order valence-electron chi connectivity index (χ0n) is 18.7. The molecular formula is C27H27O4PS. The summed E-state index contributed by atoms with van der Waals surface area (Å²) >= 11 is 0. The first-order chi connectivity index (χ1) is 16.0. The van der Waals surface area contributed by atoms with Crippen molar-refractivity contribution in [2.75, 3.05) is 13.3 Å². The van der Waals surface area contributed by atoms with Crippen molar-refractivity contribution in [1.82, 2.24) is 0 Å². The molecule has 0 N–H and O–H groups in total. The van der Waals surface area contributed by atoms with E-state index in [9.17, 15) is 8.42 Å². The summed E-state index contributed by atoms with van der Waals surface area (Å²) in [7, 11) is -2.78. The van der Waals surface area contributed by atoms with Crippen LogP contribution in [0.3, 0.4) is 0 Å². The second-order valence-corrected chi connectivity index (χ2v) is 14.3. The topological polar surface area (TPSA) is 52.6 Å². The van der Waals surface area contributed by atoms with E-state index >= 15 is 0 Å². The third kappa shape index (κ3) is 3.76. The van der Waals surface area contributed by atoms with Gasteiger partial charge in [-0.2, -0.15) is 0 Å². The Morgan fingerprint density at radius 3 is 1.42 bits per heavy atom. The Labute approximate surface area is 196 Å². The summed E-state index contributed by atoms with van der Waals surface area (Å²) in [5, 5.41) is 2.55. The van der Waals surface area contributed by atoms with E-state index in [-0.39, 0.29) is 10.6 Å². The first-order valence-corrected chi connectivity index (χ1v) is 14.5. The molecule has 0 aromatic heterocycles. The van der Waals surface area contributed by atoms with Crippen LogP contribution < -0.4 is 20.7 Å². The van der Waals surface area contributed by atoms with E-state index in [2.05, 4.69) is 0 Å². The molecule has 4 aromatic rings. The van der Waals surface area contributed by atoms with Crippen LogP contribution in [0.15, 0.2) is 120 Å². The Morgan fingerprint density at radius 2 is 1.03 bits per heavy atom. The zero-order chi connectivity index (χ0) is 23.4. The van der Waals surface area contributed by atoms with Gasteiger partial charge in [0.2, 0.25) is 0 Å². The van der Waals surface area contributed by atoms with Crippen molar-refractivity contribution in [3.8, 4) is 5.75 Å². The molecule has 4 rings (SSSR count). The van der Waals surface area contributed by atoms with Crippen LogP contribution in [0.25, 0.3) is 0 Å². The van der Waals surface area contributed by atoms with Gasteiger partial charge in [-0.05, 0) is 0 Å². The van der Waals surface area contributed by atoms with Gasteiger partial charge in [0.15, 0.2) is 0 Å². The minimum atomic E-state index is -4.24. The fourth-order valence-corrected chi connectivity index (χ4v) is 13.0. The van der Waals surface area contributed by atoms with Crippen LogP contribution in [0, 0.1) is 0 Å². The van der Waals surface area contributed by atoms with E-state index < -0.39 is 16.9 Å². The average Bonchev–Trinajstić information content (AvgIpc) is 2.89. The summed E-state index contributed by atoms with van der Waals surface area (Å²) in [6.45, 7) is -1.97. The second-order valence-electron chi connectivity index (χ2n) is 7.72. The molecule has 0 aliphatic rings. The van der Waals surface area contributed by atoms with Crippen LogP contribution in [0.1, 0.15) is 6.92 Å². The molecule has 4 aromatic carbocycles. The van der Waals surface area contributed by atoms with Gasteiger partial charge in [0.05, 0.1) is 0 Å². The Morgan fingerprint density at radius 1 is 0.636 bits per heavy atom. The third-order valence-electron chi connectivity index (χ3n) is 6.11. The van der Waals surface area contributed by atoms with Crippen molar-refractivity contribution in [3.05, 3.63) is 115 Å². The Balaban J connectivity index is 2.14. The summed E-state index contributed by atoms with van der Waals surface area (Å²) in [6.07, 6.45) is 0.456. The van der Waals surface area contributed by atoms with E-state index in [1.807, 2.05) is 97.9 Å². The van der Waals surface area contributed by atoms with Crippen molar-refractivity contribution in [2.45, 2.75) is 11.8 Å². The molecule has 0 aliphatic heterocycles. The van der Waals surface area contributed by atoms with Gasteiger partial charge in [0.1, 0.15) is 0 Å². The number of benzene rings is 4. The fraction of sp³-hybridized carbons (Fsp3) is 0.111. The third-order valence-corrected chi connectivity index (χ3v) is 14.5. The predicted octanol–water partition coefficient (Wildman–Crippen LogP) is 4.87. The normalized spacial score (nSPS) is 13.1. The molecule has 0 saturated heterocycles. The SMILES string of the molecule is CCP(OS(=O)(=O)c1ccccc1OC)(c1ccccc1)(c1ccccc1)c1ccccc1. The van der Waals surface area contributed by atoms with Crippen LogP contribution >= 0.6 is 6.83 Å². The Bertz CT molecular complexity index is 1230. The van der Waals surface area contributed by atoms with Crippen LogP contribution in [0.4, 0.5) is 0 Å². The summed E-state index contributed by atoms with van der Waals surface area (Å²) in [5.74, 6) is 0.249. The van der Waals surface area contributed by atoms with Gasteiger partial charge in [-0.15, -0.1) is 0 Å². The Kier molecular flexibility index (Phi) is 6.40. The van der Waals surface area contributed by atoms with Crippen molar-refractivity contribution in [3.63, 3.8) is 0 Å². The molecule has 0 atom stereocenters. The first-order valence-electron chi connectivity index (χ1n) is 10.8. The molecule has 0 heterocycles. The molecule has 0 aliphatic carbocycles. The van der Waals surface area contributed by atoms with Gasteiger partial charge in [-0.3, -0.25) is 0 Å². The molecule has 6 heteroatoms. The number of rotatable bonds is 8. The predicted molar refractivity (Wildman–Crippen MR) is 137 cm³/mol. The molecular weight excluding hydrogens is 451 g/mol. The molecule has 33 heavy (non-hydrogen) atoms. The number of hydrogen-bond donors (Lipinski definition) is 0. The summed E-state index contributed by atoms with van der Waals surface area (Å²) in [4.78, 5) is 0.0118. The number of methoxy groups -OCH3 is 1. The van der Waals surface area contributed by atoms with Crippen molar-refractivity contribution < 1.29 is 17.1 Å². The molecule has 0 fully saturated rings. The zero-order valence-corrected chi connectivity index (χ0v) is 20.4. The van der Waals surface area contributed by atoms with E-state index in [0.717, 1.165) is 15.9 Å². The standard InChI is InChI=1S/C27H27O4PS/c1-3-32(23-15-7-4-8-16-23,24-17-9-5-10-18-24,25-19-11-6-12-20-25)31-33(28,29)27-22-14-13-21-26(27)30-2/h4-22H,3H2,1-2H3. The van der Waals surface area contributed by atoms with Crippen LogP contribution in [-0.2, 0) is 14.1 Å². The molecule has 0 bridgehead atoms. The minimum absolute atomic E-state index is 0.0118. The number of ether oxygens (including phenoxy) is 1. The van der Waals surface area contributed by atoms with E-state index in [0.29, 0.717) is 6.16 Å². The van der Waals surface area contributed by atoms with Gasteiger partial charge < -0.3 is 0 Å². The maximum absolute atomic E-state index is 14.0. The Hall–Kier alpha value is -2.98. The maximum atomic E-state index is 14.0. The molecule has 0 spiro atoms. The molecule has 0 saturated carbocycles. The first kappa shape index (κ1) is 23.2. The van der Waals surface area contributed by atoms with Crippen molar-refractivity contribution in [2.24, 2.45) is 0 Å². The summed E-state index contributed by atoms with van der Waals surface area (Å²) in [6, 6.07) is 35.7. The molecule has 0 radical (unpaired) electrons. The van der Waals surface area contributed by atoms with Crippen LogP contribution in [0.2, 0.25) is 0 Å². The van der Waals surface area contributed by atoms with Gasteiger partial charge in [0, 0.05) is 0 Å². The van der Waals surface area contributed by atoms with Gasteiger partial charge in [0.25, 0.3) is 0 Å². The van der Waals surface area contributed by atoms with E-state index in [1.165, 1.54) is 13.2 Å².